The molecule has 0 aliphatic heterocycles. The van der Waals surface area contributed by atoms with E-state index in [1.54, 1.807) is 0 Å². The molecule has 0 heteroatoms. The molecule has 0 aliphatic rings. The Bertz CT molecular complexity index is 4730. The molecule has 17 aromatic carbocycles. The molecule has 324 valence electrons. The van der Waals surface area contributed by atoms with Gasteiger partial charge in [-0.05, 0) is 196 Å². The van der Waals surface area contributed by atoms with E-state index in [2.05, 4.69) is 210 Å². The summed E-state index contributed by atoms with van der Waals surface area (Å²) in [6.07, 6.45) is 0. The quantitative estimate of drug-likeness (QED) is 0.122. The van der Waals surface area contributed by atoms with Crippen LogP contribution < -0.4 is 0 Å². The predicted octanol–water partition coefficient (Wildman–Crippen LogP) is 20.6. The van der Waals surface area contributed by atoms with E-state index in [1.165, 1.54) is 184 Å². The Kier molecular flexibility index (Phi) is 6.91. The Morgan fingerprint density at radius 3 is 0.829 bits per heavy atom. The lowest BCUT2D eigenvalue weighted by molar-refractivity contribution is 0.870. The molecule has 0 saturated heterocycles. The van der Waals surface area contributed by atoms with E-state index in [4.69, 9.17) is 0 Å². The molecule has 0 heterocycles. The van der Waals surface area contributed by atoms with Crippen LogP contribution in [-0.2, 0) is 0 Å². The largest absolute Gasteiger partial charge is 0.0622 e. The van der Waals surface area contributed by atoms with Crippen molar-refractivity contribution >= 4 is 151 Å². The van der Waals surface area contributed by atoms with Gasteiger partial charge in [0.2, 0.25) is 0 Å². The van der Waals surface area contributed by atoms with Crippen LogP contribution in [0.2, 0.25) is 0 Å². The molecule has 17 aromatic rings. The van der Waals surface area contributed by atoms with Crippen LogP contribution in [0.25, 0.3) is 173 Å². The maximum absolute atomic E-state index is 2.53. The lowest BCUT2D eigenvalue weighted by Gasteiger charge is -2.16. The highest BCUT2D eigenvalue weighted by Crippen LogP contribution is 2.58. The summed E-state index contributed by atoms with van der Waals surface area (Å²) in [7, 11) is 0. The minimum Gasteiger partial charge on any atom is -0.0622 e. The van der Waals surface area contributed by atoms with Crippen molar-refractivity contribution in [3.8, 4) is 22.3 Å². The molecule has 0 saturated carbocycles. The van der Waals surface area contributed by atoms with Gasteiger partial charge < -0.3 is 0 Å². The van der Waals surface area contributed by atoms with Gasteiger partial charge in [-0.1, -0.05) is 210 Å². The SMILES string of the molecule is CC(C)c1cc2c(-c3ccccc3)c3c4ccc5c6ccc7c8c(ccc(c9ccc(c4c59)c3c3c4ccccc4c(c1)c23)c68)c1c(-c2ccccc2)c2cc(C(C)C)cc3c4ccccc4c(c23)c71. The highest BCUT2D eigenvalue weighted by atomic mass is 14.3. The topological polar surface area (TPSA) is 0 Å². The van der Waals surface area contributed by atoms with Gasteiger partial charge in [0, 0.05) is 0 Å². The van der Waals surface area contributed by atoms with Crippen LogP contribution in [0.1, 0.15) is 50.7 Å². The van der Waals surface area contributed by atoms with Crippen molar-refractivity contribution in [1.82, 2.24) is 0 Å². The maximum atomic E-state index is 2.53. The molecule has 0 bridgehead atoms. The minimum absolute atomic E-state index is 0.402. The average Bonchev–Trinajstić information content (AvgIpc) is 4.13. The van der Waals surface area contributed by atoms with E-state index in [-0.39, 0.29) is 0 Å². The van der Waals surface area contributed by atoms with Crippen molar-refractivity contribution in [3.05, 3.63) is 193 Å². The van der Waals surface area contributed by atoms with Crippen molar-refractivity contribution in [2.45, 2.75) is 39.5 Å². The number of hydrogen-bond acceptors (Lipinski definition) is 0. The van der Waals surface area contributed by atoms with E-state index >= 15 is 0 Å². The molecule has 70 heavy (non-hydrogen) atoms. The van der Waals surface area contributed by atoms with Gasteiger partial charge in [-0.3, -0.25) is 0 Å². The van der Waals surface area contributed by atoms with Crippen LogP contribution in [-0.4, -0.2) is 0 Å². The maximum Gasteiger partial charge on any atom is -0.000696 e. The van der Waals surface area contributed by atoms with E-state index in [1.807, 2.05) is 0 Å². The molecular weight excluding hydrogens is 841 g/mol. The molecular formula is C70H44. The van der Waals surface area contributed by atoms with Crippen molar-refractivity contribution in [3.63, 3.8) is 0 Å². The van der Waals surface area contributed by atoms with Crippen LogP contribution in [0, 0.1) is 0 Å². The first-order valence-corrected chi connectivity index (χ1v) is 25.3. The molecule has 0 fully saturated rings. The van der Waals surface area contributed by atoms with E-state index in [0.717, 1.165) is 0 Å². The number of fused-ring (bicyclic) bond motifs is 16. The fourth-order valence-electron chi connectivity index (χ4n) is 14.4. The first-order valence-electron chi connectivity index (χ1n) is 25.3. The van der Waals surface area contributed by atoms with Gasteiger partial charge in [0.15, 0.2) is 0 Å². The third-order valence-corrected chi connectivity index (χ3v) is 17.3. The van der Waals surface area contributed by atoms with E-state index in [9.17, 15) is 0 Å². The summed E-state index contributed by atoms with van der Waals surface area (Å²) < 4.78 is 0. The molecule has 0 aromatic heterocycles. The van der Waals surface area contributed by atoms with Crippen LogP contribution in [0.5, 0.6) is 0 Å². The average molecular weight is 885 g/mol. The van der Waals surface area contributed by atoms with Gasteiger partial charge in [-0.25, -0.2) is 0 Å². The second kappa shape index (κ2) is 12.9. The summed E-state index contributed by atoms with van der Waals surface area (Å²) in [6, 6.07) is 70.8. The summed E-state index contributed by atoms with van der Waals surface area (Å²) >= 11 is 0. The first-order chi connectivity index (χ1) is 34.4. The number of hydrogen-bond donors (Lipinski definition) is 0. The molecule has 0 spiro atoms. The van der Waals surface area contributed by atoms with Gasteiger partial charge >= 0.3 is 0 Å². The Labute approximate surface area is 403 Å². The van der Waals surface area contributed by atoms with Crippen LogP contribution in [0.3, 0.4) is 0 Å². The molecule has 0 atom stereocenters. The highest BCUT2D eigenvalue weighted by molar-refractivity contribution is 6.54. The van der Waals surface area contributed by atoms with Crippen LogP contribution in [0.4, 0.5) is 0 Å². The molecule has 0 aliphatic carbocycles. The second-order valence-corrected chi connectivity index (χ2v) is 21.3. The van der Waals surface area contributed by atoms with Crippen molar-refractivity contribution in [2.24, 2.45) is 0 Å². The van der Waals surface area contributed by atoms with Crippen molar-refractivity contribution in [1.29, 1.82) is 0 Å². The highest BCUT2D eigenvalue weighted by Gasteiger charge is 2.30. The Balaban J connectivity index is 1.08. The Morgan fingerprint density at radius 2 is 0.457 bits per heavy atom. The summed E-state index contributed by atoms with van der Waals surface area (Å²) in [4.78, 5) is 0. The lowest BCUT2D eigenvalue weighted by Crippen LogP contribution is -1.90. The minimum atomic E-state index is 0.402. The van der Waals surface area contributed by atoms with Crippen molar-refractivity contribution < 1.29 is 0 Å². The third kappa shape index (κ3) is 4.34. The van der Waals surface area contributed by atoms with E-state index < -0.39 is 0 Å². The second-order valence-electron chi connectivity index (χ2n) is 21.3. The molecule has 0 N–H and O–H groups in total. The monoisotopic (exact) mass is 884 g/mol. The summed E-state index contributed by atoms with van der Waals surface area (Å²) in [5, 5.41) is 38.4. The van der Waals surface area contributed by atoms with Crippen LogP contribution in [0.15, 0.2) is 182 Å². The fraction of sp³-hybridized carbons (Fsp3) is 0.0857. The van der Waals surface area contributed by atoms with Gasteiger partial charge in [-0.2, -0.15) is 0 Å². The third-order valence-electron chi connectivity index (χ3n) is 17.3. The van der Waals surface area contributed by atoms with E-state index in [0.29, 0.717) is 11.8 Å². The van der Waals surface area contributed by atoms with Gasteiger partial charge in [-0.15, -0.1) is 0 Å². The number of rotatable bonds is 4. The van der Waals surface area contributed by atoms with Crippen molar-refractivity contribution in [2.75, 3.05) is 0 Å². The Hall–Kier alpha value is -8.32. The van der Waals surface area contributed by atoms with Gasteiger partial charge in [0.05, 0.1) is 0 Å². The number of benzene rings is 13. The Morgan fingerprint density at radius 1 is 0.200 bits per heavy atom. The summed E-state index contributed by atoms with van der Waals surface area (Å²) in [5.74, 6) is 0.803. The zero-order valence-electron chi connectivity index (χ0n) is 39.5. The predicted molar refractivity (Wildman–Crippen MR) is 307 cm³/mol. The fourth-order valence-corrected chi connectivity index (χ4v) is 14.4. The van der Waals surface area contributed by atoms with Gasteiger partial charge in [0.25, 0.3) is 0 Å². The molecule has 0 amide bonds. The molecule has 0 radical (unpaired) electrons. The lowest BCUT2D eigenvalue weighted by atomic mass is 9.87. The van der Waals surface area contributed by atoms with Crippen LogP contribution >= 0.6 is 0 Å². The zero-order valence-corrected chi connectivity index (χ0v) is 39.5. The van der Waals surface area contributed by atoms with Gasteiger partial charge in [0.1, 0.15) is 0 Å². The first kappa shape index (κ1) is 37.6. The molecule has 0 unspecified atom stereocenters. The summed E-state index contributed by atoms with van der Waals surface area (Å²) in [6.45, 7) is 9.35. The standard InChI is InChI=1S/C70H44/c1-35(2)39-31-53-41-19-11-13-21-43(41)65-63(53)55(33-39)57(37-15-7-5-8-16-37)67-49-27-23-45-48-26-30-52-62-50(28-24-46(60(48)62)47-25-29-51(69(65)67)61(49)59(45)47)68-58(38-17-9-6-10-18-38)56-34-40(36(3)4)32-54-42-20-12-14-22-44(42)66(64(54)56)70(52)68/h5-36H,1-4H3. The smallest absolute Gasteiger partial charge is 0.000696 e. The zero-order chi connectivity index (χ0) is 46.0. The summed E-state index contributed by atoms with van der Waals surface area (Å²) in [5.41, 5.74) is 8.05. The molecule has 17 rings (SSSR count). The normalized spacial score (nSPS) is 13.1. The molecule has 0 nitrogen and oxygen atoms in total.